The molecule has 2 aromatic heterocycles. The summed E-state index contributed by atoms with van der Waals surface area (Å²) in [6, 6.07) is 12.1. The third-order valence-electron chi connectivity index (χ3n) is 5.94. The van der Waals surface area contributed by atoms with Crippen LogP contribution >= 0.6 is 0 Å². The zero-order valence-corrected chi connectivity index (χ0v) is 18.5. The smallest absolute Gasteiger partial charge is 0.353 e. The van der Waals surface area contributed by atoms with Gasteiger partial charge in [0.2, 0.25) is 11.9 Å². The molecule has 34 heavy (non-hydrogen) atoms. The molecule has 1 saturated heterocycles. The molecule has 0 bridgehead atoms. The summed E-state index contributed by atoms with van der Waals surface area (Å²) < 4.78 is 40.4. The second kappa shape index (κ2) is 9.28. The number of anilines is 3. The Kier molecular flexibility index (Phi) is 6.04. The van der Waals surface area contributed by atoms with E-state index in [9.17, 15) is 13.2 Å². The van der Waals surface area contributed by atoms with Gasteiger partial charge in [0.15, 0.2) is 5.82 Å². The van der Waals surface area contributed by atoms with Crippen LogP contribution in [0.5, 0.6) is 0 Å². The number of benzene rings is 1. The van der Waals surface area contributed by atoms with Crippen molar-refractivity contribution in [3.05, 3.63) is 66.4 Å². The van der Waals surface area contributed by atoms with Crippen molar-refractivity contribution in [3.8, 4) is 11.4 Å². The van der Waals surface area contributed by atoms with Gasteiger partial charge in [-0.25, -0.2) is 4.98 Å². The molecular formula is C24H24F3N7. The van der Waals surface area contributed by atoms with Crippen molar-refractivity contribution in [1.29, 1.82) is 0 Å². The Hall–Kier alpha value is -3.69. The molecule has 4 heterocycles. The number of piperazine rings is 1. The molecule has 1 aromatic carbocycles. The van der Waals surface area contributed by atoms with E-state index in [0.29, 0.717) is 43.9 Å². The lowest BCUT2D eigenvalue weighted by Crippen LogP contribution is -2.48. The first-order chi connectivity index (χ1) is 16.5. The fourth-order valence-electron chi connectivity index (χ4n) is 4.16. The monoisotopic (exact) mass is 467 g/mol. The van der Waals surface area contributed by atoms with Crippen LogP contribution in [0.2, 0.25) is 0 Å². The predicted octanol–water partition coefficient (Wildman–Crippen LogP) is 4.05. The zero-order chi connectivity index (χ0) is 23.5. The number of halogens is 3. The molecule has 176 valence electrons. The van der Waals surface area contributed by atoms with Gasteiger partial charge < -0.3 is 14.7 Å². The summed E-state index contributed by atoms with van der Waals surface area (Å²) in [5, 5.41) is 0. The molecule has 3 aromatic rings. The van der Waals surface area contributed by atoms with E-state index in [2.05, 4.69) is 22.0 Å². The van der Waals surface area contributed by atoms with Crippen molar-refractivity contribution >= 4 is 17.7 Å². The average molecular weight is 467 g/mol. The van der Waals surface area contributed by atoms with Crippen LogP contribution in [0.25, 0.3) is 11.4 Å². The SMILES string of the molecule is FC(F)(F)c1cccnc1N1CCN(c2nc(-c3ccccc3)nc(N3CC=CCC3)n2)CC1. The van der Waals surface area contributed by atoms with Gasteiger partial charge in [0.25, 0.3) is 0 Å². The van der Waals surface area contributed by atoms with Gasteiger partial charge in [-0.2, -0.15) is 28.1 Å². The van der Waals surface area contributed by atoms with E-state index in [1.54, 1.807) is 4.90 Å². The molecule has 0 aliphatic carbocycles. The van der Waals surface area contributed by atoms with E-state index in [1.165, 1.54) is 12.3 Å². The largest absolute Gasteiger partial charge is 0.419 e. The van der Waals surface area contributed by atoms with Crippen molar-refractivity contribution in [2.75, 3.05) is 54.0 Å². The Bertz CT molecular complexity index is 1160. The predicted molar refractivity (Wildman–Crippen MR) is 125 cm³/mol. The number of hydrogen-bond donors (Lipinski definition) is 0. The first-order valence-electron chi connectivity index (χ1n) is 11.2. The minimum atomic E-state index is -4.45. The van der Waals surface area contributed by atoms with Crippen LogP contribution in [0.15, 0.2) is 60.8 Å². The quantitative estimate of drug-likeness (QED) is 0.537. The highest BCUT2D eigenvalue weighted by Gasteiger charge is 2.36. The van der Waals surface area contributed by atoms with Gasteiger partial charge in [0.05, 0.1) is 5.56 Å². The average Bonchev–Trinajstić information content (AvgIpc) is 2.89. The fraction of sp³-hybridized carbons (Fsp3) is 0.333. The Morgan fingerprint density at radius 1 is 0.706 bits per heavy atom. The number of alkyl halides is 3. The van der Waals surface area contributed by atoms with Crippen LogP contribution in [0.3, 0.4) is 0 Å². The molecule has 1 fully saturated rings. The van der Waals surface area contributed by atoms with Gasteiger partial charge in [-0.3, -0.25) is 0 Å². The number of pyridine rings is 1. The van der Waals surface area contributed by atoms with E-state index in [1.807, 2.05) is 35.2 Å². The number of aromatic nitrogens is 4. The topological polar surface area (TPSA) is 61.3 Å². The van der Waals surface area contributed by atoms with Gasteiger partial charge in [-0.05, 0) is 18.6 Å². The van der Waals surface area contributed by atoms with Crippen molar-refractivity contribution in [2.45, 2.75) is 12.6 Å². The van der Waals surface area contributed by atoms with Gasteiger partial charge in [-0.1, -0.05) is 42.5 Å². The number of rotatable bonds is 4. The summed E-state index contributed by atoms with van der Waals surface area (Å²) in [5.41, 5.74) is 0.178. The molecule has 0 atom stereocenters. The summed E-state index contributed by atoms with van der Waals surface area (Å²) in [6.07, 6.45) is 2.11. The standard InChI is InChI=1S/C24H24F3N7/c25-24(26,27)19-10-7-11-28-21(19)32-14-16-34(17-15-32)23-30-20(18-8-3-1-4-9-18)29-22(31-23)33-12-5-2-6-13-33/h1-5,7-11H,6,12-17H2. The van der Waals surface area contributed by atoms with Crippen LogP contribution < -0.4 is 14.7 Å². The molecule has 0 saturated carbocycles. The fourth-order valence-corrected chi connectivity index (χ4v) is 4.16. The molecule has 5 rings (SSSR count). The van der Waals surface area contributed by atoms with Gasteiger partial charge >= 0.3 is 6.18 Å². The van der Waals surface area contributed by atoms with Crippen LogP contribution in [0, 0.1) is 0 Å². The van der Waals surface area contributed by atoms with Gasteiger partial charge in [0, 0.05) is 51.0 Å². The Labute approximate surface area is 195 Å². The summed E-state index contributed by atoms with van der Waals surface area (Å²) in [4.78, 5) is 24.0. The van der Waals surface area contributed by atoms with Crippen LogP contribution in [0.1, 0.15) is 12.0 Å². The van der Waals surface area contributed by atoms with Crippen molar-refractivity contribution < 1.29 is 13.2 Å². The maximum atomic E-state index is 13.5. The molecule has 0 spiro atoms. The lowest BCUT2D eigenvalue weighted by molar-refractivity contribution is -0.137. The van der Waals surface area contributed by atoms with Crippen molar-refractivity contribution in [3.63, 3.8) is 0 Å². The normalized spacial score (nSPS) is 16.7. The summed E-state index contributed by atoms with van der Waals surface area (Å²) >= 11 is 0. The van der Waals surface area contributed by atoms with E-state index in [4.69, 9.17) is 15.0 Å². The molecule has 0 radical (unpaired) electrons. The zero-order valence-electron chi connectivity index (χ0n) is 18.5. The molecular weight excluding hydrogens is 443 g/mol. The Morgan fingerprint density at radius 2 is 1.41 bits per heavy atom. The van der Waals surface area contributed by atoms with Gasteiger partial charge in [0.1, 0.15) is 5.82 Å². The first kappa shape index (κ1) is 22.1. The summed E-state index contributed by atoms with van der Waals surface area (Å²) in [5.74, 6) is 1.70. The maximum absolute atomic E-state index is 13.5. The third-order valence-corrected chi connectivity index (χ3v) is 5.94. The molecule has 2 aliphatic heterocycles. The molecule has 2 aliphatic rings. The summed E-state index contributed by atoms with van der Waals surface area (Å²) in [6.45, 7) is 3.27. The molecule has 0 amide bonds. The number of nitrogens with zero attached hydrogens (tertiary/aromatic N) is 7. The van der Waals surface area contributed by atoms with Crippen molar-refractivity contribution in [2.24, 2.45) is 0 Å². The number of hydrogen-bond acceptors (Lipinski definition) is 7. The lowest BCUT2D eigenvalue weighted by Gasteiger charge is -2.36. The molecule has 10 heteroatoms. The third kappa shape index (κ3) is 4.66. The van der Waals surface area contributed by atoms with Crippen LogP contribution in [0.4, 0.5) is 30.9 Å². The minimum Gasteiger partial charge on any atom is -0.353 e. The highest BCUT2D eigenvalue weighted by atomic mass is 19.4. The molecule has 0 unspecified atom stereocenters. The minimum absolute atomic E-state index is 0.0314. The molecule has 7 nitrogen and oxygen atoms in total. The highest BCUT2D eigenvalue weighted by molar-refractivity contribution is 5.59. The van der Waals surface area contributed by atoms with Crippen molar-refractivity contribution in [1.82, 2.24) is 19.9 Å². The van der Waals surface area contributed by atoms with Crippen LogP contribution in [-0.2, 0) is 6.18 Å². The lowest BCUT2D eigenvalue weighted by atomic mass is 10.2. The second-order valence-corrected chi connectivity index (χ2v) is 8.18. The summed E-state index contributed by atoms with van der Waals surface area (Å²) in [7, 11) is 0. The highest BCUT2D eigenvalue weighted by Crippen LogP contribution is 2.35. The van der Waals surface area contributed by atoms with Crippen LogP contribution in [-0.4, -0.2) is 59.2 Å². The van der Waals surface area contributed by atoms with E-state index >= 15 is 0 Å². The molecule has 0 N–H and O–H groups in total. The van der Waals surface area contributed by atoms with E-state index < -0.39 is 11.7 Å². The maximum Gasteiger partial charge on any atom is 0.419 e. The Balaban J connectivity index is 1.41. The second-order valence-electron chi connectivity index (χ2n) is 8.18. The van der Waals surface area contributed by atoms with Gasteiger partial charge in [-0.15, -0.1) is 0 Å². The first-order valence-corrected chi connectivity index (χ1v) is 11.2. The van der Waals surface area contributed by atoms with E-state index in [-0.39, 0.29) is 5.82 Å². The van der Waals surface area contributed by atoms with E-state index in [0.717, 1.165) is 31.1 Å². The Morgan fingerprint density at radius 3 is 2.09 bits per heavy atom.